The first-order valence-electron chi connectivity index (χ1n) is 9.30. The smallest absolute Gasteiger partial charge is 0.278 e. The topological polar surface area (TPSA) is 109 Å². The molecule has 4 rings (SSSR count). The summed E-state index contributed by atoms with van der Waals surface area (Å²) in [4.78, 5) is 39.2. The first-order valence-corrected chi connectivity index (χ1v) is 9.30. The fraction of sp³-hybridized carbons (Fsp3) is 0.250. The molecular weight excluding hydrogens is 372 g/mol. The Labute approximate surface area is 166 Å². The van der Waals surface area contributed by atoms with E-state index in [0.717, 1.165) is 10.4 Å². The predicted molar refractivity (Wildman–Crippen MR) is 109 cm³/mol. The van der Waals surface area contributed by atoms with E-state index in [9.17, 15) is 14.4 Å². The quantitative estimate of drug-likeness (QED) is 0.684. The number of carbonyl (C=O) groups excluding carboxylic acids is 2. The third kappa shape index (κ3) is 3.66. The van der Waals surface area contributed by atoms with Crippen molar-refractivity contribution in [3.8, 4) is 0 Å². The van der Waals surface area contributed by atoms with E-state index in [0.29, 0.717) is 29.7 Å². The normalized spacial score (nSPS) is 15.1. The maximum atomic E-state index is 12.9. The van der Waals surface area contributed by atoms with Gasteiger partial charge in [0.05, 0.1) is 23.3 Å². The molecule has 3 aromatic rings. The first-order chi connectivity index (χ1) is 14.0. The fourth-order valence-corrected chi connectivity index (χ4v) is 3.30. The molecule has 2 heterocycles. The number of piperazine rings is 1. The van der Waals surface area contributed by atoms with Crippen LogP contribution in [-0.2, 0) is 9.59 Å². The molecule has 1 aromatic heterocycles. The molecule has 1 atom stereocenters. The summed E-state index contributed by atoms with van der Waals surface area (Å²) in [5.74, 6) is -0.464. The molecule has 1 saturated heterocycles. The molecule has 2 N–H and O–H groups in total. The Hall–Kier alpha value is -3.75. The van der Waals surface area contributed by atoms with E-state index in [1.807, 2.05) is 17.0 Å². The van der Waals surface area contributed by atoms with Crippen molar-refractivity contribution in [2.24, 2.45) is 0 Å². The highest BCUT2D eigenvalue weighted by Gasteiger charge is 2.23. The molecule has 1 fully saturated rings. The van der Waals surface area contributed by atoms with Gasteiger partial charge < -0.3 is 15.5 Å². The zero-order chi connectivity index (χ0) is 20.4. The number of nitrogens with zero attached hydrogens (tertiary/aromatic N) is 4. The molecule has 0 bridgehead atoms. The molecule has 1 unspecified atom stereocenters. The monoisotopic (exact) mass is 392 g/mol. The lowest BCUT2D eigenvalue weighted by molar-refractivity contribution is -0.120. The largest absolute Gasteiger partial charge is 0.359 e. The van der Waals surface area contributed by atoms with Gasteiger partial charge in [0.15, 0.2) is 0 Å². The molecule has 1 aliphatic rings. The average molecular weight is 392 g/mol. The number of amides is 2. The Bertz CT molecular complexity index is 1140. The van der Waals surface area contributed by atoms with Crippen molar-refractivity contribution in [1.82, 2.24) is 20.3 Å². The van der Waals surface area contributed by atoms with Crippen LogP contribution in [0.2, 0.25) is 0 Å². The van der Waals surface area contributed by atoms with Gasteiger partial charge in [-0.2, -0.15) is 4.68 Å². The van der Waals surface area contributed by atoms with E-state index < -0.39 is 11.9 Å². The number of benzene rings is 2. The van der Waals surface area contributed by atoms with Gasteiger partial charge in [-0.15, -0.1) is 5.10 Å². The second-order valence-corrected chi connectivity index (χ2v) is 6.81. The number of carbonyl (C=O) groups is 2. The SMILES string of the molecule is CC(C(=O)Nc1ccccc1N1CCNC(=O)C1)n1nnc2ccccc2c1=O. The maximum absolute atomic E-state index is 12.9. The van der Waals surface area contributed by atoms with Crippen LogP contribution in [0.3, 0.4) is 0 Å². The zero-order valence-electron chi connectivity index (χ0n) is 15.8. The summed E-state index contributed by atoms with van der Waals surface area (Å²) < 4.78 is 1.08. The lowest BCUT2D eigenvalue weighted by Gasteiger charge is -2.30. The van der Waals surface area contributed by atoms with Gasteiger partial charge in [0.2, 0.25) is 11.8 Å². The number of aromatic nitrogens is 3. The summed E-state index contributed by atoms with van der Waals surface area (Å²) in [5.41, 5.74) is 1.43. The van der Waals surface area contributed by atoms with Crippen molar-refractivity contribution in [1.29, 1.82) is 0 Å². The van der Waals surface area contributed by atoms with Crippen molar-refractivity contribution < 1.29 is 9.59 Å². The van der Waals surface area contributed by atoms with Gasteiger partial charge in [-0.25, -0.2) is 0 Å². The molecule has 0 aliphatic carbocycles. The van der Waals surface area contributed by atoms with Crippen LogP contribution in [0, 0.1) is 0 Å². The average Bonchev–Trinajstić information content (AvgIpc) is 2.74. The summed E-state index contributed by atoms with van der Waals surface area (Å²) in [6.45, 7) is 3.00. The molecule has 0 spiro atoms. The first kappa shape index (κ1) is 18.6. The number of hydrogen-bond donors (Lipinski definition) is 2. The second-order valence-electron chi connectivity index (χ2n) is 6.81. The molecule has 1 aliphatic heterocycles. The number of anilines is 2. The number of hydrogen-bond acceptors (Lipinski definition) is 6. The van der Waals surface area contributed by atoms with E-state index in [-0.39, 0.29) is 18.0 Å². The summed E-state index contributed by atoms with van der Waals surface area (Å²) in [5, 5.41) is 14.0. The Balaban J connectivity index is 1.60. The van der Waals surface area contributed by atoms with Gasteiger partial charge in [-0.3, -0.25) is 14.4 Å². The molecule has 0 saturated carbocycles. The van der Waals surface area contributed by atoms with Crippen LogP contribution in [0.15, 0.2) is 53.3 Å². The van der Waals surface area contributed by atoms with Crippen molar-refractivity contribution in [3.63, 3.8) is 0 Å². The molecule has 29 heavy (non-hydrogen) atoms. The minimum atomic E-state index is -0.864. The van der Waals surface area contributed by atoms with E-state index in [1.54, 1.807) is 43.3 Å². The highest BCUT2D eigenvalue weighted by Crippen LogP contribution is 2.26. The highest BCUT2D eigenvalue weighted by atomic mass is 16.2. The summed E-state index contributed by atoms with van der Waals surface area (Å²) in [6.07, 6.45) is 0. The standard InChI is InChI=1S/C20H20N6O3/c1-13(26-20(29)14-6-2-3-7-15(14)23-24-26)19(28)22-16-8-4-5-9-17(16)25-11-10-21-18(27)12-25/h2-9,13H,10-12H2,1H3,(H,21,27)(H,22,28). The van der Waals surface area contributed by atoms with Crippen molar-refractivity contribution >= 4 is 34.1 Å². The third-order valence-electron chi connectivity index (χ3n) is 4.88. The zero-order valence-corrected chi connectivity index (χ0v) is 15.8. The summed E-state index contributed by atoms with van der Waals surface area (Å²) in [6, 6.07) is 13.3. The van der Waals surface area contributed by atoms with E-state index in [2.05, 4.69) is 20.9 Å². The van der Waals surface area contributed by atoms with Gasteiger partial charge in [-0.1, -0.05) is 29.5 Å². The molecule has 148 valence electrons. The number of fused-ring (bicyclic) bond motifs is 1. The lowest BCUT2D eigenvalue weighted by Crippen LogP contribution is -2.48. The van der Waals surface area contributed by atoms with Crippen LogP contribution in [0.5, 0.6) is 0 Å². The number of nitrogens with one attached hydrogen (secondary N) is 2. The number of rotatable bonds is 4. The van der Waals surface area contributed by atoms with Crippen molar-refractivity contribution in [2.75, 3.05) is 29.9 Å². The van der Waals surface area contributed by atoms with Crippen molar-refractivity contribution in [3.05, 3.63) is 58.9 Å². The third-order valence-corrected chi connectivity index (χ3v) is 4.88. The molecule has 2 aromatic carbocycles. The van der Waals surface area contributed by atoms with Crippen LogP contribution in [0.1, 0.15) is 13.0 Å². The fourth-order valence-electron chi connectivity index (χ4n) is 3.30. The predicted octanol–water partition coefficient (Wildman–Crippen LogP) is 0.927. The van der Waals surface area contributed by atoms with Crippen LogP contribution in [0.4, 0.5) is 11.4 Å². The van der Waals surface area contributed by atoms with Crippen LogP contribution >= 0.6 is 0 Å². The van der Waals surface area contributed by atoms with Crippen LogP contribution in [0.25, 0.3) is 10.9 Å². The van der Waals surface area contributed by atoms with Gasteiger partial charge in [-0.05, 0) is 31.2 Å². The summed E-state index contributed by atoms with van der Waals surface area (Å²) >= 11 is 0. The van der Waals surface area contributed by atoms with Crippen molar-refractivity contribution in [2.45, 2.75) is 13.0 Å². The van der Waals surface area contributed by atoms with Gasteiger partial charge >= 0.3 is 0 Å². The molecule has 0 radical (unpaired) electrons. The second kappa shape index (κ2) is 7.70. The van der Waals surface area contributed by atoms with E-state index in [4.69, 9.17) is 0 Å². The Morgan fingerprint density at radius 1 is 1.14 bits per heavy atom. The van der Waals surface area contributed by atoms with E-state index >= 15 is 0 Å². The maximum Gasteiger partial charge on any atom is 0.278 e. The highest BCUT2D eigenvalue weighted by molar-refractivity contribution is 5.97. The summed E-state index contributed by atoms with van der Waals surface area (Å²) in [7, 11) is 0. The Morgan fingerprint density at radius 2 is 1.90 bits per heavy atom. The Morgan fingerprint density at radius 3 is 2.72 bits per heavy atom. The van der Waals surface area contributed by atoms with Crippen LogP contribution in [-0.4, -0.2) is 46.4 Å². The minimum Gasteiger partial charge on any atom is -0.359 e. The molecule has 9 heteroatoms. The van der Waals surface area contributed by atoms with Crippen LogP contribution < -0.4 is 21.1 Å². The molecular formula is C20H20N6O3. The molecule has 9 nitrogen and oxygen atoms in total. The van der Waals surface area contributed by atoms with Gasteiger partial charge in [0.1, 0.15) is 11.6 Å². The molecule has 2 amide bonds. The van der Waals surface area contributed by atoms with E-state index in [1.165, 1.54) is 0 Å². The Kier molecular flexibility index (Phi) is 4.94. The number of para-hydroxylation sites is 2. The van der Waals surface area contributed by atoms with Gasteiger partial charge in [0, 0.05) is 13.1 Å². The lowest BCUT2D eigenvalue weighted by atomic mass is 10.2. The minimum absolute atomic E-state index is 0.0660. The van der Waals surface area contributed by atoms with Gasteiger partial charge in [0.25, 0.3) is 5.56 Å².